The smallest absolute Gasteiger partial charge is 0.256 e. The SMILES string of the molecule is CCc1c(C)sc2ncn3nc(Cn4nc(C(F)F)cc4C(F)F)nc3c12. The summed E-state index contributed by atoms with van der Waals surface area (Å²) in [6, 6.07) is 0.711. The summed E-state index contributed by atoms with van der Waals surface area (Å²) in [7, 11) is 0. The van der Waals surface area contributed by atoms with Crippen LogP contribution in [0, 0.1) is 6.92 Å². The first-order chi connectivity index (χ1) is 12.9. The molecule has 0 aliphatic carbocycles. The number of fused-ring (bicyclic) bond motifs is 3. The van der Waals surface area contributed by atoms with E-state index in [1.165, 1.54) is 10.8 Å². The maximum atomic E-state index is 13.2. The van der Waals surface area contributed by atoms with Gasteiger partial charge in [-0.05, 0) is 25.0 Å². The van der Waals surface area contributed by atoms with Crippen molar-refractivity contribution in [3.05, 3.63) is 40.0 Å². The molecule has 0 bridgehead atoms. The van der Waals surface area contributed by atoms with Gasteiger partial charge in [0.15, 0.2) is 11.5 Å². The second-order valence-electron chi connectivity index (χ2n) is 5.96. The van der Waals surface area contributed by atoms with E-state index in [1.807, 2.05) is 13.8 Å². The van der Waals surface area contributed by atoms with E-state index in [-0.39, 0.29) is 12.4 Å². The van der Waals surface area contributed by atoms with Gasteiger partial charge in [0.2, 0.25) is 0 Å². The molecular weight excluding hydrogens is 384 g/mol. The van der Waals surface area contributed by atoms with E-state index in [0.717, 1.165) is 31.8 Å². The van der Waals surface area contributed by atoms with Crippen LogP contribution in [-0.4, -0.2) is 29.4 Å². The normalized spacial score (nSPS) is 12.3. The molecule has 0 saturated heterocycles. The Morgan fingerprint density at radius 3 is 2.59 bits per heavy atom. The van der Waals surface area contributed by atoms with Crippen molar-refractivity contribution in [2.24, 2.45) is 0 Å². The lowest BCUT2D eigenvalue weighted by molar-refractivity contribution is 0.139. The van der Waals surface area contributed by atoms with Crippen molar-refractivity contribution < 1.29 is 17.6 Å². The summed E-state index contributed by atoms with van der Waals surface area (Å²) in [6.07, 6.45) is -3.56. The van der Waals surface area contributed by atoms with E-state index in [9.17, 15) is 17.6 Å². The molecule has 6 nitrogen and oxygen atoms in total. The highest BCUT2D eigenvalue weighted by atomic mass is 32.1. The molecule has 0 saturated carbocycles. The predicted octanol–water partition coefficient (Wildman–Crippen LogP) is 4.33. The molecular formula is C16H14F4N6S. The topological polar surface area (TPSA) is 60.9 Å². The summed E-state index contributed by atoms with van der Waals surface area (Å²) in [5.74, 6) is 0.195. The van der Waals surface area contributed by atoms with Gasteiger partial charge < -0.3 is 0 Å². The van der Waals surface area contributed by atoms with Crippen LogP contribution in [-0.2, 0) is 13.0 Å². The minimum absolute atomic E-state index is 0.195. The van der Waals surface area contributed by atoms with Crippen LogP contribution in [0.2, 0.25) is 0 Å². The third kappa shape index (κ3) is 2.95. The molecule has 0 aliphatic heterocycles. The van der Waals surface area contributed by atoms with E-state index in [4.69, 9.17) is 0 Å². The van der Waals surface area contributed by atoms with Crippen LogP contribution in [0.15, 0.2) is 12.4 Å². The lowest BCUT2D eigenvalue weighted by atomic mass is 10.1. The van der Waals surface area contributed by atoms with Gasteiger partial charge in [-0.3, -0.25) is 4.68 Å². The maximum Gasteiger partial charge on any atom is 0.282 e. The van der Waals surface area contributed by atoms with Crippen LogP contribution < -0.4 is 0 Å². The van der Waals surface area contributed by atoms with Gasteiger partial charge in [-0.2, -0.15) is 5.10 Å². The Hall–Kier alpha value is -2.56. The molecule has 0 radical (unpaired) electrons. The summed E-state index contributed by atoms with van der Waals surface area (Å²) in [5, 5.41) is 8.71. The number of thiophene rings is 1. The van der Waals surface area contributed by atoms with Crippen molar-refractivity contribution in [2.45, 2.75) is 39.7 Å². The van der Waals surface area contributed by atoms with Gasteiger partial charge in [0, 0.05) is 4.88 Å². The first-order valence-electron chi connectivity index (χ1n) is 8.15. The zero-order chi connectivity index (χ0) is 19.3. The van der Waals surface area contributed by atoms with Gasteiger partial charge in [-0.25, -0.2) is 32.0 Å². The minimum Gasteiger partial charge on any atom is -0.256 e. The Morgan fingerprint density at radius 1 is 1.15 bits per heavy atom. The summed E-state index contributed by atoms with van der Waals surface area (Å²) in [4.78, 5) is 10.8. The fourth-order valence-electron chi connectivity index (χ4n) is 3.10. The fourth-order valence-corrected chi connectivity index (χ4v) is 4.17. The van der Waals surface area contributed by atoms with E-state index in [0.29, 0.717) is 11.7 Å². The number of hydrogen-bond donors (Lipinski definition) is 0. The number of halogens is 4. The molecule has 0 N–H and O–H groups in total. The molecule has 4 heterocycles. The molecule has 4 aromatic heterocycles. The Labute approximate surface area is 154 Å². The molecule has 4 rings (SSSR count). The monoisotopic (exact) mass is 398 g/mol. The molecule has 0 amide bonds. The van der Waals surface area contributed by atoms with Gasteiger partial charge >= 0.3 is 0 Å². The third-order valence-electron chi connectivity index (χ3n) is 4.30. The molecule has 0 unspecified atom stereocenters. The molecule has 0 fully saturated rings. The van der Waals surface area contributed by atoms with Crippen molar-refractivity contribution in [1.29, 1.82) is 0 Å². The average Bonchev–Trinajstić information content (AvgIpc) is 3.28. The molecule has 0 spiro atoms. The zero-order valence-corrected chi connectivity index (χ0v) is 15.1. The largest absolute Gasteiger partial charge is 0.282 e. The molecule has 4 aromatic rings. The summed E-state index contributed by atoms with van der Waals surface area (Å²) >= 11 is 1.55. The maximum absolute atomic E-state index is 13.2. The van der Waals surface area contributed by atoms with Crippen molar-refractivity contribution in [3.8, 4) is 0 Å². The molecule has 0 aliphatic rings. The van der Waals surface area contributed by atoms with Crippen molar-refractivity contribution in [1.82, 2.24) is 29.4 Å². The summed E-state index contributed by atoms with van der Waals surface area (Å²) < 4.78 is 54.3. The first-order valence-corrected chi connectivity index (χ1v) is 8.96. The van der Waals surface area contributed by atoms with E-state index in [2.05, 4.69) is 20.2 Å². The Bertz CT molecular complexity index is 1130. The Morgan fingerprint density at radius 2 is 1.93 bits per heavy atom. The van der Waals surface area contributed by atoms with Crippen molar-refractivity contribution in [3.63, 3.8) is 0 Å². The molecule has 0 atom stereocenters. The van der Waals surface area contributed by atoms with Gasteiger partial charge in [-0.1, -0.05) is 6.92 Å². The number of aromatic nitrogens is 6. The van der Waals surface area contributed by atoms with Gasteiger partial charge in [-0.15, -0.1) is 16.4 Å². The highest BCUT2D eigenvalue weighted by molar-refractivity contribution is 7.18. The predicted molar refractivity (Wildman–Crippen MR) is 91.5 cm³/mol. The zero-order valence-electron chi connectivity index (χ0n) is 14.3. The quantitative estimate of drug-likeness (QED) is 0.470. The Kier molecular flexibility index (Phi) is 4.33. The number of rotatable bonds is 5. The lowest BCUT2D eigenvalue weighted by Gasteiger charge is -2.03. The molecule has 0 aromatic carbocycles. The third-order valence-corrected chi connectivity index (χ3v) is 5.35. The standard InChI is InChI=1S/C16H14F4N6S/c1-3-8-7(2)27-16-12(8)15-22-11(24-26(15)6-21-16)5-25-10(14(19)20)4-9(23-25)13(17)18/h4,6,13-14H,3,5H2,1-2H3. The number of aryl methyl sites for hydroxylation is 2. The molecule has 11 heteroatoms. The second-order valence-corrected chi connectivity index (χ2v) is 7.17. The van der Waals surface area contributed by atoms with Crippen molar-refractivity contribution in [2.75, 3.05) is 0 Å². The van der Waals surface area contributed by atoms with Crippen LogP contribution in [0.25, 0.3) is 15.9 Å². The van der Waals surface area contributed by atoms with E-state index in [1.54, 1.807) is 11.3 Å². The highest BCUT2D eigenvalue weighted by Gasteiger charge is 2.23. The van der Waals surface area contributed by atoms with Crippen molar-refractivity contribution >= 4 is 27.2 Å². The van der Waals surface area contributed by atoms with Crippen LogP contribution in [0.4, 0.5) is 17.6 Å². The molecule has 142 valence electrons. The second kappa shape index (κ2) is 6.55. The highest BCUT2D eigenvalue weighted by Crippen LogP contribution is 2.32. The number of alkyl halides is 4. The first kappa shape index (κ1) is 17.8. The van der Waals surface area contributed by atoms with E-state index < -0.39 is 24.2 Å². The lowest BCUT2D eigenvalue weighted by Crippen LogP contribution is -2.08. The van der Waals surface area contributed by atoms with Crippen LogP contribution >= 0.6 is 11.3 Å². The van der Waals surface area contributed by atoms with Gasteiger partial charge in [0.1, 0.15) is 29.1 Å². The van der Waals surface area contributed by atoms with Gasteiger partial charge in [0.25, 0.3) is 12.9 Å². The fraction of sp³-hybridized carbons (Fsp3) is 0.375. The molecule has 27 heavy (non-hydrogen) atoms. The summed E-state index contributed by atoms with van der Waals surface area (Å²) in [5.41, 5.74) is 0.392. The van der Waals surface area contributed by atoms with E-state index >= 15 is 0 Å². The minimum atomic E-state index is -2.93. The number of nitrogens with zero attached hydrogens (tertiary/aromatic N) is 6. The summed E-state index contributed by atoms with van der Waals surface area (Å²) in [6.45, 7) is 3.80. The van der Waals surface area contributed by atoms with Gasteiger partial charge in [0.05, 0.1) is 5.39 Å². The average molecular weight is 398 g/mol. The number of hydrogen-bond acceptors (Lipinski definition) is 5. The Balaban J connectivity index is 1.81. The van der Waals surface area contributed by atoms with Crippen LogP contribution in [0.5, 0.6) is 0 Å². The van der Waals surface area contributed by atoms with Crippen LogP contribution in [0.1, 0.15) is 47.4 Å². The van der Waals surface area contributed by atoms with Crippen LogP contribution in [0.3, 0.4) is 0 Å².